The zero-order valence-electron chi connectivity index (χ0n) is 20.1. The number of ether oxygens (including phenoxy) is 1. The third-order valence-electron chi connectivity index (χ3n) is 6.82. The van der Waals surface area contributed by atoms with Crippen LogP contribution in [0.3, 0.4) is 0 Å². The Morgan fingerprint density at radius 2 is 2.22 bits per heavy atom. The Morgan fingerprint density at radius 1 is 1.39 bits per heavy atom. The number of pyridine rings is 2. The van der Waals surface area contributed by atoms with Gasteiger partial charge in [-0.3, -0.25) is 9.78 Å². The van der Waals surface area contributed by atoms with Gasteiger partial charge in [0.1, 0.15) is 10.8 Å². The minimum Gasteiger partial charge on any atom is -0.497 e. The SMILES string of the molecule is COc1ccc2ncc(Cl)c(C(N)CCC3CCN(CCSc4ncccc4F)CC3C(=O)O)c2c1. The number of piperidine rings is 1. The summed E-state index contributed by atoms with van der Waals surface area (Å²) in [4.78, 5) is 22.7. The molecule has 1 fully saturated rings. The summed E-state index contributed by atoms with van der Waals surface area (Å²) in [6, 6.07) is 8.20. The minimum absolute atomic E-state index is 0.0205. The number of aromatic nitrogens is 2. The Morgan fingerprint density at radius 3 is 2.97 bits per heavy atom. The number of nitrogens with zero attached hydrogens (tertiary/aromatic N) is 3. The lowest BCUT2D eigenvalue weighted by Crippen LogP contribution is -2.44. The second-order valence-electron chi connectivity index (χ2n) is 9.02. The number of carboxylic acid groups (broad SMARTS) is 1. The fraction of sp³-hybridized carbons (Fsp3) is 0.423. The molecule has 0 amide bonds. The van der Waals surface area contributed by atoms with E-state index in [-0.39, 0.29) is 17.8 Å². The van der Waals surface area contributed by atoms with Gasteiger partial charge in [-0.1, -0.05) is 11.6 Å². The van der Waals surface area contributed by atoms with Gasteiger partial charge < -0.3 is 20.5 Å². The van der Waals surface area contributed by atoms with Crippen LogP contribution in [0.5, 0.6) is 5.75 Å². The number of hydrogen-bond acceptors (Lipinski definition) is 7. The fourth-order valence-electron chi connectivity index (χ4n) is 4.85. The van der Waals surface area contributed by atoms with E-state index >= 15 is 0 Å². The molecule has 1 saturated heterocycles. The summed E-state index contributed by atoms with van der Waals surface area (Å²) in [6.07, 6.45) is 5.24. The van der Waals surface area contributed by atoms with Crippen molar-refractivity contribution in [3.63, 3.8) is 0 Å². The number of hydrogen-bond donors (Lipinski definition) is 2. The monoisotopic (exact) mass is 532 g/mol. The third-order valence-corrected chi connectivity index (χ3v) is 8.08. The van der Waals surface area contributed by atoms with E-state index in [2.05, 4.69) is 14.9 Å². The van der Waals surface area contributed by atoms with E-state index in [1.165, 1.54) is 17.8 Å². The van der Waals surface area contributed by atoms with Crippen molar-refractivity contribution >= 4 is 40.2 Å². The Kier molecular flexibility index (Phi) is 9.00. The summed E-state index contributed by atoms with van der Waals surface area (Å²) in [6.45, 7) is 1.94. The van der Waals surface area contributed by atoms with Gasteiger partial charge in [0, 0.05) is 42.7 Å². The molecule has 36 heavy (non-hydrogen) atoms. The molecule has 3 unspecified atom stereocenters. The highest BCUT2D eigenvalue weighted by Crippen LogP contribution is 2.36. The van der Waals surface area contributed by atoms with E-state index in [0.29, 0.717) is 47.5 Å². The zero-order chi connectivity index (χ0) is 25.7. The number of aliphatic carboxylic acids is 1. The molecule has 3 aromatic rings. The minimum atomic E-state index is -0.793. The molecule has 1 aliphatic rings. The molecule has 7 nitrogen and oxygen atoms in total. The van der Waals surface area contributed by atoms with Crippen LogP contribution in [0, 0.1) is 17.7 Å². The van der Waals surface area contributed by atoms with Crippen LogP contribution < -0.4 is 10.5 Å². The van der Waals surface area contributed by atoms with E-state index in [1.807, 2.05) is 18.2 Å². The van der Waals surface area contributed by atoms with Crippen molar-refractivity contribution in [1.82, 2.24) is 14.9 Å². The lowest BCUT2D eigenvalue weighted by molar-refractivity contribution is -0.146. The van der Waals surface area contributed by atoms with Crippen molar-refractivity contribution in [3.8, 4) is 5.75 Å². The first-order valence-electron chi connectivity index (χ1n) is 11.9. The molecule has 0 aliphatic carbocycles. The van der Waals surface area contributed by atoms with Gasteiger partial charge >= 0.3 is 5.97 Å². The van der Waals surface area contributed by atoms with E-state index in [4.69, 9.17) is 22.1 Å². The lowest BCUT2D eigenvalue weighted by Gasteiger charge is -2.37. The van der Waals surface area contributed by atoms with Crippen molar-refractivity contribution in [3.05, 3.63) is 59.1 Å². The molecule has 192 valence electrons. The second kappa shape index (κ2) is 12.2. The standard InChI is InChI=1S/C26H30ClFN4O3S/c1-35-17-5-7-23-18(13-17)24(20(27)14-31-23)22(29)6-4-16-8-10-32(15-19(16)26(33)34)11-12-36-25-21(28)3-2-9-30-25/h2-3,5,7,9,13-14,16,19,22H,4,6,8,10-12,15,29H2,1H3,(H,33,34). The topological polar surface area (TPSA) is 102 Å². The highest BCUT2D eigenvalue weighted by atomic mass is 35.5. The highest BCUT2D eigenvalue weighted by Gasteiger charge is 2.34. The largest absolute Gasteiger partial charge is 0.497 e. The fourth-order valence-corrected chi connectivity index (χ4v) is 6.03. The summed E-state index contributed by atoms with van der Waals surface area (Å²) in [5.41, 5.74) is 8.19. The molecule has 0 spiro atoms. The maximum Gasteiger partial charge on any atom is 0.308 e. The van der Waals surface area contributed by atoms with Gasteiger partial charge in [0.15, 0.2) is 5.82 Å². The first-order valence-corrected chi connectivity index (χ1v) is 13.3. The van der Waals surface area contributed by atoms with Crippen molar-refractivity contribution in [2.75, 3.05) is 32.5 Å². The van der Waals surface area contributed by atoms with Gasteiger partial charge in [-0.05, 0) is 67.6 Å². The second-order valence-corrected chi connectivity index (χ2v) is 10.5. The molecule has 1 aliphatic heterocycles. The van der Waals surface area contributed by atoms with Crippen molar-refractivity contribution in [1.29, 1.82) is 0 Å². The quantitative estimate of drug-likeness (QED) is 0.351. The van der Waals surface area contributed by atoms with E-state index in [9.17, 15) is 14.3 Å². The van der Waals surface area contributed by atoms with Gasteiger partial charge in [-0.2, -0.15) is 0 Å². The lowest BCUT2D eigenvalue weighted by atomic mass is 9.81. The van der Waals surface area contributed by atoms with E-state index < -0.39 is 11.9 Å². The maximum absolute atomic E-state index is 13.8. The van der Waals surface area contributed by atoms with E-state index in [0.717, 1.165) is 29.4 Å². The molecule has 0 bridgehead atoms. The molecular formula is C26H30ClFN4O3S. The average Bonchev–Trinajstić information content (AvgIpc) is 2.88. The van der Waals surface area contributed by atoms with Crippen LogP contribution in [-0.2, 0) is 4.79 Å². The normalized spacial score (nSPS) is 19.3. The number of benzene rings is 1. The molecule has 0 saturated carbocycles. The van der Waals surface area contributed by atoms with Gasteiger partial charge in [-0.15, -0.1) is 11.8 Å². The first kappa shape index (κ1) is 26.6. The predicted molar refractivity (Wildman–Crippen MR) is 140 cm³/mol. The first-order chi connectivity index (χ1) is 17.4. The van der Waals surface area contributed by atoms with Crippen LogP contribution in [0.1, 0.15) is 30.9 Å². The van der Waals surface area contributed by atoms with Crippen molar-refractivity contribution in [2.24, 2.45) is 17.6 Å². The smallest absolute Gasteiger partial charge is 0.308 e. The highest BCUT2D eigenvalue weighted by molar-refractivity contribution is 7.99. The molecule has 3 heterocycles. The predicted octanol–water partition coefficient (Wildman–Crippen LogP) is 5.03. The number of methoxy groups -OCH3 is 1. The molecule has 1 aromatic carbocycles. The number of fused-ring (bicyclic) bond motifs is 1. The molecule has 3 N–H and O–H groups in total. The van der Waals surface area contributed by atoms with Crippen molar-refractivity contribution < 1.29 is 19.0 Å². The summed E-state index contributed by atoms with van der Waals surface area (Å²) < 4.78 is 19.1. The Balaban J connectivity index is 1.37. The number of nitrogens with two attached hydrogens (primary N) is 1. The van der Waals surface area contributed by atoms with Gasteiger partial charge in [-0.25, -0.2) is 9.37 Å². The molecule has 2 aromatic heterocycles. The van der Waals surface area contributed by atoms with Crippen molar-refractivity contribution in [2.45, 2.75) is 30.3 Å². The van der Waals surface area contributed by atoms with Crippen LogP contribution in [0.2, 0.25) is 5.02 Å². The zero-order valence-corrected chi connectivity index (χ0v) is 21.6. The van der Waals surface area contributed by atoms with E-state index in [1.54, 1.807) is 25.6 Å². The number of likely N-dealkylation sites (tertiary alicyclic amines) is 1. The summed E-state index contributed by atoms with van der Waals surface area (Å²) >= 11 is 7.85. The Hall–Kier alpha value is -2.46. The maximum atomic E-state index is 13.8. The number of rotatable bonds is 10. The summed E-state index contributed by atoms with van der Waals surface area (Å²) in [7, 11) is 1.60. The number of halogens is 2. The van der Waals surface area contributed by atoms with Crippen LogP contribution in [0.15, 0.2) is 47.8 Å². The average molecular weight is 533 g/mol. The number of thioether (sulfide) groups is 1. The van der Waals surface area contributed by atoms with Crippen LogP contribution in [0.25, 0.3) is 10.9 Å². The van der Waals surface area contributed by atoms with Crippen LogP contribution in [-0.4, -0.2) is 58.4 Å². The van der Waals surface area contributed by atoms with Crippen LogP contribution >= 0.6 is 23.4 Å². The third kappa shape index (κ3) is 6.26. The number of carboxylic acids is 1. The van der Waals surface area contributed by atoms with Gasteiger partial charge in [0.05, 0.1) is 23.6 Å². The Bertz CT molecular complexity index is 1220. The van der Waals surface area contributed by atoms with Gasteiger partial charge in [0.25, 0.3) is 0 Å². The summed E-state index contributed by atoms with van der Waals surface area (Å²) in [5, 5.41) is 11.6. The Labute approximate surface area is 219 Å². The molecule has 0 radical (unpaired) electrons. The summed E-state index contributed by atoms with van der Waals surface area (Å²) in [5.74, 6) is -0.241. The van der Waals surface area contributed by atoms with Crippen LogP contribution in [0.4, 0.5) is 4.39 Å². The molecule has 4 rings (SSSR count). The molecular weight excluding hydrogens is 503 g/mol. The van der Waals surface area contributed by atoms with Gasteiger partial charge in [0.2, 0.25) is 0 Å². The molecule has 3 atom stereocenters. The molecule has 10 heteroatoms. The number of carbonyl (C=O) groups is 1.